The topological polar surface area (TPSA) is 58.4 Å². The Hall–Kier alpha value is -0.610. The summed E-state index contributed by atoms with van der Waals surface area (Å²) in [6.07, 6.45) is 7.68. The van der Waals surface area contributed by atoms with Gasteiger partial charge in [0.1, 0.15) is 0 Å². The first kappa shape index (κ1) is 15.8. The van der Waals surface area contributed by atoms with Gasteiger partial charge in [-0.15, -0.1) is 0 Å². The number of rotatable bonds is 5. The van der Waals surface area contributed by atoms with Gasteiger partial charge in [0, 0.05) is 18.5 Å². The summed E-state index contributed by atoms with van der Waals surface area (Å²) in [6.45, 7) is 6.76. The second-order valence-corrected chi connectivity index (χ2v) is 6.78. The third kappa shape index (κ3) is 5.06. The summed E-state index contributed by atoms with van der Waals surface area (Å²) in [6, 6.07) is 0.320. The smallest absolute Gasteiger partial charge is 0.223 e. The van der Waals surface area contributed by atoms with E-state index in [0.29, 0.717) is 6.04 Å². The highest BCUT2D eigenvalue weighted by Crippen LogP contribution is 2.23. The zero-order valence-corrected chi connectivity index (χ0v) is 12.9. The average Bonchev–Trinajstić information content (AvgIpc) is 2.46. The van der Waals surface area contributed by atoms with Crippen LogP contribution in [0.2, 0.25) is 0 Å². The van der Waals surface area contributed by atoms with Crippen molar-refractivity contribution in [2.75, 3.05) is 26.2 Å². The van der Waals surface area contributed by atoms with E-state index in [-0.39, 0.29) is 11.8 Å². The van der Waals surface area contributed by atoms with E-state index in [9.17, 15) is 4.79 Å². The Labute approximate surface area is 123 Å². The van der Waals surface area contributed by atoms with Gasteiger partial charge in [-0.1, -0.05) is 6.92 Å². The van der Waals surface area contributed by atoms with Crippen LogP contribution in [0.1, 0.15) is 51.9 Å². The fourth-order valence-electron chi connectivity index (χ4n) is 3.33. The molecule has 1 saturated carbocycles. The Morgan fingerprint density at radius 2 is 1.80 bits per heavy atom. The molecule has 1 amide bonds. The molecule has 0 radical (unpaired) electrons. The molecule has 0 aromatic heterocycles. The molecule has 3 N–H and O–H groups in total. The average molecular weight is 281 g/mol. The molecule has 1 aliphatic heterocycles. The minimum absolute atomic E-state index is 0.214. The van der Waals surface area contributed by atoms with Gasteiger partial charge in [0.2, 0.25) is 5.91 Å². The fourth-order valence-corrected chi connectivity index (χ4v) is 3.33. The summed E-state index contributed by atoms with van der Waals surface area (Å²) in [7, 11) is 0. The van der Waals surface area contributed by atoms with Crippen LogP contribution >= 0.6 is 0 Å². The molecule has 2 aliphatic rings. The van der Waals surface area contributed by atoms with Crippen molar-refractivity contribution in [1.29, 1.82) is 0 Å². The molecule has 4 heteroatoms. The summed E-state index contributed by atoms with van der Waals surface area (Å²) in [4.78, 5) is 14.6. The molecule has 1 aliphatic carbocycles. The number of amides is 1. The first-order valence-corrected chi connectivity index (χ1v) is 8.41. The zero-order valence-electron chi connectivity index (χ0n) is 12.9. The van der Waals surface area contributed by atoms with E-state index < -0.39 is 0 Å². The van der Waals surface area contributed by atoms with Gasteiger partial charge in [0.15, 0.2) is 0 Å². The summed E-state index contributed by atoms with van der Waals surface area (Å²) in [5.41, 5.74) is 5.87. The Bertz CT molecular complexity index is 292. The molecule has 0 aromatic carbocycles. The van der Waals surface area contributed by atoms with E-state index >= 15 is 0 Å². The Morgan fingerprint density at radius 3 is 2.45 bits per heavy atom. The van der Waals surface area contributed by atoms with Crippen molar-refractivity contribution in [3.63, 3.8) is 0 Å². The Kier molecular flexibility index (Phi) is 6.30. The minimum atomic E-state index is 0.214. The third-order valence-corrected chi connectivity index (χ3v) is 4.97. The first-order chi connectivity index (χ1) is 9.65. The van der Waals surface area contributed by atoms with Crippen molar-refractivity contribution in [2.45, 2.75) is 57.9 Å². The normalized spacial score (nSPS) is 29.3. The molecule has 116 valence electrons. The van der Waals surface area contributed by atoms with Crippen molar-refractivity contribution in [3.8, 4) is 0 Å². The van der Waals surface area contributed by atoms with Crippen LogP contribution in [-0.2, 0) is 4.79 Å². The fraction of sp³-hybridized carbons (Fsp3) is 0.938. The van der Waals surface area contributed by atoms with E-state index in [2.05, 4.69) is 17.1 Å². The van der Waals surface area contributed by atoms with E-state index in [0.717, 1.165) is 51.1 Å². The predicted molar refractivity (Wildman–Crippen MR) is 82.4 cm³/mol. The Morgan fingerprint density at radius 1 is 1.15 bits per heavy atom. The summed E-state index contributed by atoms with van der Waals surface area (Å²) >= 11 is 0. The van der Waals surface area contributed by atoms with Crippen LogP contribution < -0.4 is 11.1 Å². The maximum Gasteiger partial charge on any atom is 0.223 e. The van der Waals surface area contributed by atoms with E-state index in [1.807, 2.05) is 0 Å². The van der Waals surface area contributed by atoms with Gasteiger partial charge in [-0.2, -0.15) is 0 Å². The highest BCUT2D eigenvalue weighted by molar-refractivity contribution is 5.78. The quantitative estimate of drug-likeness (QED) is 0.755. The first-order valence-electron chi connectivity index (χ1n) is 8.41. The highest BCUT2D eigenvalue weighted by atomic mass is 16.1. The van der Waals surface area contributed by atoms with Gasteiger partial charge in [0.25, 0.3) is 0 Å². The van der Waals surface area contributed by atoms with Gasteiger partial charge < -0.3 is 16.0 Å². The van der Waals surface area contributed by atoms with Gasteiger partial charge in [0.05, 0.1) is 0 Å². The summed E-state index contributed by atoms with van der Waals surface area (Å²) < 4.78 is 0. The van der Waals surface area contributed by atoms with Crippen LogP contribution in [0.15, 0.2) is 0 Å². The number of carbonyl (C=O) groups excluding carboxylic acids is 1. The second kappa shape index (κ2) is 7.99. The number of likely N-dealkylation sites (tertiary alicyclic amines) is 1. The van der Waals surface area contributed by atoms with Gasteiger partial charge >= 0.3 is 0 Å². The van der Waals surface area contributed by atoms with Crippen LogP contribution in [0.4, 0.5) is 0 Å². The number of carbonyl (C=O) groups is 1. The van der Waals surface area contributed by atoms with Crippen molar-refractivity contribution < 1.29 is 4.79 Å². The largest absolute Gasteiger partial charge is 0.356 e. The molecular formula is C16H31N3O. The van der Waals surface area contributed by atoms with Gasteiger partial charge in [-0.3, -0.25) is 4.79 Å². The molecular weight excluding hydrogens is 250 g/mol. The van der Waals surface area contributed by atoms with Crippen LogP contribution in [0, 0.1) is 11.8 Å². The third-order valence-electron chi connectivity index (χ3n) is 4.97. The SMILES string of the molecule is CC1CCN(CCCNC(=O)C2CCC(N)CC2)CC1. The van der Waals surface area contributed by atoms with Gasteiger partial charge in [-0.25, -0.2) is 0 Å². The lowest BCUT2D eigenvalue weighted by atomic mass is 9.86. The van der Waals surface area contributed by atoms with Crippen molar-refractivity contribution in [3.05, 3.63) is 0 Å². The number of nitrogens with zero attached hydrogens (tertiary/aromatic N) is 1. The molecule has 20 heavy (non-hydrogen) atoms. The Balaban J connectivity index is 1.53. The molecule has 1 heterocycles. The highest BCUT2D eigenvalue weighted by Gasteiger charge is 2.24. The monoisotopic (exact) mass is 281 g/mol. The minimum Gasteiger partial charge on any atom is -0.356 e. The number of nitrogens with one attached hydrogen (secondary N) is 1. The van der Waals surface area contributed by atoms with Crippen molar-refractivity contribution in [2.24, 2.45) is 17.6 Å². The van der Waals surface area contributed by atoms with Crippen LogP contribution in [0.5, 0.6) is 0 Å². The molecule has 1 saturated heterocycles. The molecule has 0 bridgehead atoms. The zero-order chi connectivity index (χ0) is 14.4. The van der Waals surface area contributed by atoms with Crippen LogP contribution in [0.3, 0.4) is 0 Å². The maximum atomic E-state index is 12.0. The number of piperidine rings is 1. The number of hydrogen-bond donors (Lipinski definition) is 2. The predicted octanol–water partition coefficient (Wildman–Crippen LogP) is 1.74. The van der Waals surface area contributed by atoms with Crippen LogP contribution in [-0.4, -0.2) is 43.0 Å². The second-order valence-electron chi connectivity index (χ2n) is 6.78. The molecule has 2 fully saturated rings. The van der Waals surface area contributed by atoms with Crippen molar-refractivity contribution >= 4 is 5.91 Å². The molecule has 0 spiro atoms. The van der Waals surface area contributed by atoms with E-state index in [1.165, 1.54) is 25.9 Å². The maximum absolute atomic E-state index is 12.0. The lowest BCUT2D eigenvalue weighted by Crippen LogP contribution is -2.38. The molecule has 2 rings (SSSR count). The number of nitrogens with two attached hydrogens (primary N) is 1. The lowest BCUT2D eigenvalue weighted by Gasteiger charge is -2.30. The van der Waals surface area contributed by atoms with E-state index in [4.69, 9.17) is 5.73 Å². The molecule has 0 atom stereocenters. The molecule has 4 nitrogen and oxygen atoms in total. The molecule has 0 unspecified atom stereocenters. The standard InChI is InChI=1S/C16H31N3O/c1-13-7-11-19(12-8-13)10-2-9-18-16(20)14-3-5-15(17)6-4-14/h13-15H,2-12,17H2,1H3,(H,18,20). The number of hydrogen-bond acceptors (Lipinski definition) is 3. The molecule has 0 aromatic rings. The van der Waals surface area contributed by atoms with E-state index in [1.54, 1.807) is 0 Å². The summed E-state index contributed by atoms with van der Waals surface area (Å²) in [5, 5.41) is 3.11. The van der Waals surface area contributed by atoms with Gasteiger partial charge in [-0.05, 0) is 70.5 Å². The van der Waals surface area contributed by atoms with Crippen LogP contribution in [0.25, 0.3) is 0 Å². The lowest BCUT2D eigenvalue weighted by molar-refractivity contribution is -0.126. The summed E-state index contributed by atoms with van der Waals surface area (Å²) in [5.74, 6) is 1.36. The van der Waals surface area contributed by atoms with Crippen molar-refractivity contribution in [1.82, 2.24) is 10.2 Å².